The molecule has 1 saturated carbocycles. The number of rotatable bonds is 3. The van der Waals surface area contributed by atoms with Crippen molar-refractivity contribution in [1.82, 2.24) is 14.8 Å². The van der Waals surface area contributed by atoms with Gasteiger partial charge in [-0.3, -0.25) is 4.79 Å². The molecule has 0 N–H and O–H groups in total. The molecular weight excluding hydrogens is 461 g/mol. The van der Waals surface area contributed by atoms with E-state index in [-0.39, 0.29) is 35.0 Å². The van der Waals surface area contributed by atoms with Crippen molar-refractivity contribution >= 4 is 23.1 Å². The number of fused-ring (bicyclic) bond motifs is 1. The molecule has 2 amide bonds. The molecule has 2 aromatic heterocycles. The van der Waals surface area contributed by atoms with Gasteiger partial charge in [-0.2, -0.15) is 0 Å². The minimum atomic E-state index is -0.576. The van der Waals surface area contributed by atoms with E-state index in [1.54, 1.807) is 28.0 Å². The summed E-state index contributed by atoms with van der Waals surface area (Å²) >= 11 is 0. The molecule has 190 valence electrons. The van der Waals surface area contributed by atoms with Crippen LogP contribution in [0.15, 0.2) is 40.8 Å². The van der Waals surface area contributed by atoms with Crippen molar-refractivity contribution < 1.29 is 23.1 Å². The quantitative estimate of drug-likeness (QED) is 0.463. The minimum absolute atomic E-state index is 0.0261. The molecule has 1 aromatic carbocycles. The molecule has 3 aromatic rings. The molecule has 1 aliphatic carbocycles. The van der Waals surface area contributed by atoms with Crippen molar-refractivity contribution in [1.29, 1.82) is 0 Å². The van der Waals surface area contributed by atoms with E-state index in [1.165, 1.54) is 12.1 Å². The molecule has 5 rings (SSSR count). The standard InChI is InChI=1S/C28H32FN3O4/c1-17-16-31(12-13-32(17)26(34)36-27(2,3)4)25(33)23-15-22-24(35-23)20(28(5)10-11-28)14-21(30-22)18-6-8-19(29)9-7-18/h6-9,14-15,17H,10-13,16H2,1-5H3/t17-/m0/s1. The van der Waals surface area contributed by atoms with Crippen LogP contribution in [0.4, 0.5) is 9.18 Å². The van der Waals surface area contributed by atoms with Gasteiger partial charge in [0.1, 0.15) is 16.9 Å². The molecule has 0 bridgehead atoms. The first-order valence-corrected chi connectivity index (χ1v) is 12.4. The van der Waals surface area contributed by atoms with Crippen LogP contribution in [0.25, 0.3) is 22.4 Å². The number of nitrogens with zero attached hydrogens (tertiary/aromatic N) is 3. The van der Waals surface area contributed by atoms with Crippen LogP contribution in [0.2, 0.25) is 0 Å². The lowest BCUT2D eigenvalue weighted by atomic mass is 9.96. The second-order valence-corrected chi connectivity index (χ2v) is 11.2. The lowest BCUT2D eigenvalue weighted by Crippen LogP contribution is -2.56. The van der Waals surface area contributed by atoms with Gasteiger partial charge in [-0.15, -0.1) is 0 Å². The molecule has 36 heavy (non-hydrogen) atoms. The normalized spacial score (nSPS) is 19.4. The number of carbonyl (C=O) groups excluding carboxylic acids is 2. The molecule has 2 fully saturated rings. The largest absolute Gasteiger partial charge is 0.449 e. The zero-order valence-electron chi connectivity index (χ0n) is 21.4. The minimum Gasteiger partial charge on any atom is -0.449 e. The predicted molar refractivity (Wildman–Crippen MR) is 134 cm³/mol. The van der Waals surface area contributed by atoms with Crippen LogP contribution in [0, 0.1) is 5.82 Å². The summed E-state index contributed by atoms with van der Waals surface area (Å²) in [6, 6.07) is 9.77. The highest BCUT2D eigenvalue weighted by Crippen LogP contribution is 2.50. The number of ether oxygens (including phenoxy) is 1. The number of halogens is 1. The van der Waals surface area contributed by atoms with E-state index in [9.17, 15) is 14.0 Å². The monoisotopic (exact) mass is 493 g/mol. The molecule has 1 aliphatic heterocycles. The fraction of sp³-hybridized carbons (Fsp3) is 0.464. The van der Waals surface area contributed by atoms with Gasteiger partial charge in [-0.05, 0) is 76.3 Å². The van der Waals surface area contributed by atoms with Gasteiger partial charge < -0.3 is 19.0 Å². The molecule has 1 atom stereocenters. The van der Waals surface area contributed by atoms with Gasteiger partial charge in [0.2, 0.25) is 0 Å². The van der Waals surface area contributed by atoms with Gasteiger partial charge in [-0.25, -0.2) is 14.2 Å². The van der Waals surface area contributed by atoms with Crippen molar-refractivity contribution in [3.05, 3.63) is 53.5 Å². The molecule has 0 spiro atoms. The predicted octanol–water partition coefficient (Wildman–Crippen LogP) is 5.77. The molecule has 0 radical (unpaired) electrons. The third-order valence-electron chi connectivity index (χ3n) is 7.02. The number of pyridine rings is 1. The number of piperazine rings is 1. The van der Waals surface area contributed by atoms with Crippen molar-refractivity contribution in [2.24, 2.45) is 0 Å². The Morgan fingerprint density at radius 1 is 1.14 bits per heavy atom. The number of aromatic nitrogens is 1. The summed E-state index contributed by atoms with van der Waals surface area (Å²) in [5.74, 6) is -0.289. The fourth-order valence-corrected chi connectivity index (χ4v) is 4.69. The Balaban J connectivity index is 1.41. The van der Waals surface area contributed by atoms with Gasteiger partial charge in [0, 0.05) is 42.9 Å². The summed E-state index contributed by atoms with van der Waals surface area (Å²) in [6.45, 7) is 10.8. The maximum atomic E-state index is 13.5. The molecule has 2 aliphatic rings. The van der Waals surface area contributed by atoms with E-state index in [2.05, 4.69) is 6.92 Å². The third kappa shape index (κ3) is 4.68. The highest BCUT2D eigenvalue weighted by molar-refractivity contribution is 5.96. The zero-order valence-corrected chi connectivity index (χ0v) is 21.4. The molecule has 8 heteroatoms. The second kappa shape index (κ2) is 8.61. The summed E-state index contributed by atoms with van der Waals surface area (Å²) in [5, 5.41) is 0. The van der Waals surface area contributed by atoms with E-state index in [1.807, 2.05) is 33.8 Å². The van der Waals surface area contributed by atoms with E-state index in [4.69, 9.17) is 14.1 Å². The number of hydrogen-bond donors (Lipinski definition) is 0. The first-order valence-electron chi connectivity index (χ1n) is 12.4. The number of benzene rings is 1. The van der Waals surface area contributed by atoms with Crippen LogP contribution in [0.5, 0.6) is 0 Å². The number of amides is 2. The second-order valence-electron chi connectivity index (χ2n) is 11.2. The Bertz CT molecular complexity index is 1320. The van der Waals surface area contributed by atoms with Gasteiger partial charge in [0.05, 0.1) is 5.69 Å². The Morgan fingerprint density at radius 2 is 1.83 bits per heavy atom. The average molecular weight is 494 g/mol. The Hall–Kier alpha value is -3.42. The molecular formula is C28H32FN3O4. The Kier molecular flexibility index (Phi) is 5.80. The summed E-state index contributed by atoms with van der Waals surface area (Å²) in [7, 11) is 0. The van der Waals surface area contributed by atoms with Crippen LogP contribution in [0.3, 0.4) is 0 Å². The summed E-state index contributed by atoms with van der Waals surface area (Å²) in [5.41, 5.74) is 3.20. The van der Waals surface area contributed by atoms with Crippen LogP contribution in [-0.2, 0) is 10.2 Å². The van der Waals surface area contributed by atoms with Gasteiger partial charge in [0.25, 0.3) is 5.91 Å². The average Bonchev–Trinajstić information content (AvgIpc) is 3.41. The van der Waals surface area contributed by atoms with Gasteiger partial charge in [0.15, 0.2) is 11.3 Å². The molecule has 7 nitrogen and oxygen atoms in total. The smallest absolute Gasteiger partial charge is 0.410 e. The molecule has 3 heterocycles. The summed E-state index contributed by atoms with van der Waals surface area (Å²) in [6.07, 6.45) is 1.69. The van der Waals surface area contributed by atoms with Crippen LogP contribution in [-0.4, -0.2) is 58.1 Å². The van der Waals surface area contributed by atoms with E-state index >= 15 is 0 Å². The highest BCUT2D eigenvalue weighted by Gasteiger charge is 2.42. The van der Waals surface area contributed by atoms with E-state index in [0.717, 1.165) is 29.7 Å². The van der Waals surface area contributed by atoms with Gasteiger partial charge >= 0.3 is 6.09 Å². The summed E-state index contributed by atoms with van der Waals surface area (Å²) < 4.78 is 25.1. The lowest BCUT2D eigenvalue weighted by Gasteiger charge is -2.39. The molecule has 0 unspecified atom stereocenters. The first kappa shape index (κ1) is 24.3. The number of furan rings is 1. The topological polar surface area (TPSA) is 75.9 Å². The number of hydrogen-bond acceptors (Lipinski definition) is 5. The van der Waals surface area contributed by atoms with E-state index < -0.39 is 5.60 Å². The van der Waals surface area contributed by atoms with Crippen LogP contribution >= 0.6 is 0 Å². The number of carbonyl (C=O) groups is 2. The van der Waals surface area contributed by atoms with Crippen LogP contribution in [0.1, 0.15) is 63.6 Å². The fourth-order valence-electron chi connectivity index (χ4n) is 4.69. The summed E-state index contributed by atoms with van der Waals surface area (Å²) in [4.78, 5) is 34.1. The third-order valence-corrected chi connectivity index (χ3v) is 7.02. The van der Waals surface area contributed by atoms with Gasteiger partial charge in [-0.1, -0.05) is 6.92 Å². The highest BCUT2D eigenvalue weighted by atomic mass is 19.1. The Labute approximate surface area is 210 Å². The maximum Gasteiger partial charge on any atom is 0.410 e. The van der Waals surface area contributed by atoms with Crippen molar-refractivity contribution in [2.75, 3.05) is 19.6 Å². The van der Waals surface area contributed by atoms with Crippen molar-refractivity contribution in [2.45, 2.75) is 64.5 Å². The van der Waals surface area contributed by atoms with Crippen molar-refractivity contribution in [3.8, 4) is 11.3 Å². The maximum absolute atomic E-state index is 13.5. The van der Waals surface area contributed by atoms with Crippen LogP contribution < -0.4 is 0 Å². The van der Waals surface area contributed by atoms with E-state index in [0.29, 0.717) is 30.7 Å². The zero-order chi connectivity index (χ0) is 25.8. The van der Waals surface area contributed by atoms with Crippen molar-refractivity contribution in [3.63, 3.8) is 0 Å². The lowest BCUT2D eigenvalue weighted by molar-refractivity contribution is 0.00159. The first-order chi connectivity index (χ1) is 16.9. The SMILES string of the molecule is C[C@H]1CN(C(=O)c2cc3nc(-c4ccc(F)cc4)cc(C4(C)CC4)c3o2)CCN1C(=O)OC(C)(C)C. The Morgan fingerprint density at radius 3 is 2.44 bits per heavy atom. The molecule has 1 saturated heterocycles.